The van der Waals surface area contributed by atoms with Gasteiger partial charge in [0.25, 0.3) is 0 Å². The molecule has 0 amide bonds. The van der Waals surface area contributed by atoms with Crippen molar-refractivity contribution in [3.05, 3.63) is 16.6 Å². The summed E-state index contributed by atoms with van der Waals surface area (Å²) in [5, 5.41) is 14.0. The van der Waals surface area contributed by atoms with Gasteiger partial charge in [-0.1, -0.05) is 6.92 Å². The predicted octanol–water partition coefficient (Wildman–Crippen LogP) is 2.49. The molecule has 0 radical (unpaired) electrons. The molecule has 76 valence electrons. The molecule has 1 aromatic rings. The molecule has 0 fully saturated rings. The molecular formula is C10H15N3S. The van der Waals surface area contributed by atoms with Crippen LogP contribution in [0.3, 0.4) is 0 Å². The molecule has 0 aliphatic carbocycles. The van der Waals surface area contributed by atoms with Gasteiger partial charge in [0.2, 0.25) is 0 Å². The highest BCUT2D eigenvalue weighted by Crippen LogP contribution is 2.13. The number of nitrogens with zero attached hydrogens (tertiary/aromatic N) is 2. The van der Waals surface area contributed by atoms with E-state index in [9.17, 15) is 0 Å². The number of nitriles is 1. The lowest BCUT2D eigenvalue weighted by Gasteiger charge is -2.18. The maximum absolute atomic E-state index is 8.61. The Balaban J connectivity index is 2.47. The number of hydrogen-bond acceptors (Lipinski definition) is 4. The number of rotatable bonds is 5. The van der Waals surface area contributed by atoms with Crippen molar-refractivity contribution in [1.29, 1.82) is 5.26 Å². The zero-order chi connectivity index (χ0) is 10.4. The van der Waals surface area contributed by atoms with Gasteiger partial charge in [0.05, 0.1) is 23.7 Å². The van der Waals surface area contributed by atoms with Crippen LogP contribution in [-0.2, 0) is 0 Å². The van der Waals surface area contributed by atoms with Crippen molar-refractivity contribution >= 4 is 11.3 Å². The Kier molecular flexibility index (Phi) is 4.57. The summed E-state index contributed by atoms with van der Waals surface area (Å²) in [5.74, 6) is 0. The third-order valence-corrected chi connectivity index (χ3v) is 2.82. The SMILES string of the molecule is CCC(CC#N)NC(C)c1cscn1. The van der Waals surface area contributed by atoms with Crippen molar-refractivity contribution in [3.63, 3.8) is 0 Å². The van der Waals surface area contributed by atoms with Gasteiger partial charge >= 0.3 is 0 Å². The van der Waals surface area contributed by atoms with Crippen molar-refractivity contribution in [1.82, 2.24) is 10.3 Å². The molecule has 0 saturated heterocycles. The Morgan fingerprint density at radius 1 is 1.71 bits per heavy atom. The standard InChI is InChI=1S/C10H15N3S/c1-3-9(4-5-11)13-8(2)10-6-14-7-12-10/h6-9,13H,3-4H2,1-2H3. The minimum absolute atomic E-state index is 0.236. The molecular weight excluding hydrogens is 194 g/mol. The van der Waals surface area contributed by atoms with Crippen molar-refractivity contribution in [2.24, 2.45) is 0 Å². The van der Waals surface area contributed by atoms with Gasteiger partial charge in [0, 0.05) is 17.5 Å². The zero-order valence-corrected chi connectivity index (χ0v) is 9.34. The minimum atomic E-state index is 0.236. The molecule has 0 aliphatic heterocycles. The second kappa shape index (κ2) is 5.74. The van der Waals surface area contributed by atoms with Crippen molar-refractivity contribution in [2.45, 2.75) is 38.8 Å². The Morgan fingerprint density at radius 2 is 2.50 bits per heavy atom. The largest absolute Gasteiger partial charge is 0.305 e. The molecule has 2 unspecified atom stereocenters. The molecule has 4 heteroatoms. The average molecular weight is 209 g/mol. The van der Waals surface area contributed by atoms with E-state index in [1.807, 2.05) is 10.9 Å². The predicted molar refractivity (Wildman–Crippen MR) is 58.0 cm³/mol. The van der Waals surface area contributed by atoms with Gasteiger partial charge in [0.1, 0.15) is 0 Å². The van der Waals surface area contributed by atoms with Gasteiger partial charge < -0.3 is 5.32 Å². The summed E-state index contributed by atoms with van der Waals surface area (Å²) >= 11 is 1.60. The van der Waals surface area contributed by atoms with E-state index in [-0.39, 0.29) is 12.1 Å². The molecule has 1 aromatic heterocycles. The first-order chi connectivity index (χ1) is 6.77. The normalized spacial score (nSPS) is 14.6. The fourth-order valence-electron chi connectivity index (χ4n) is 1.31. The van der Waals surface area contributed by atoms with Crippen LogP contribution in [0.2, 0.25) is 0 Å². The van der Waals surface area contributed by atoms with E-state index in [2.05, 4.69) is 30.2 Å². The summed E-state index contributed by atoms with van der Waals surface area (Å²) in [6.07, 6.45) is 1.53. The lowest BCUT2D eigenvalue weighted by atomic mass is 10.1. The fraction of sp³-hybridized carbons (Fsp3) is 0.600. The third kappa shape index (κ3) is 3.09. The summed E-state index contributed by atoms with van der Waals surface area (Å²) in [5.41, 5.74) is 2.89. The van der Waals surface area contributed by atoms with Crippen LogP contribution in [0.25, 0.3) is 0 Å². The molecule has 1 N–H and O–H groups in total. The van der Waals surface area contributed by atoms with Crippen LogP contribution in [0, 0.1) is 11.3 Å². The number of aromatic nitrogens is 1. The second-order valence-electron chi connectivity index (χ2n) is 3.27. The highest BCUT2D eigenvalue weighted by Gasteiger charge is 2.12. The smallest absolute Gasteiger partial charge is 0.0795 e. The Hall–Kier alpha value is -0.920. The molecule has 2 atom stereocenters. The van der Waals surface area contributed by atoms with Gasteiger partial charge in [-0.15, -0.1) is 11.3 Å². The first kappa shape index (κ1) is 11.2. The molecule has 3 nitrogen and oxygen atoms in total. The van der Waals surface area contributed by atoms with Gasteiger partial charge in [-0.05, 0) is 13.3 Å². The summed E-state index contributed by atoms with van der Waals surface area (Å²) in [7, 11) is 0. The molecule has 0 aromatic carbocycles. The van der Waals surface area contributed by atoms with E-state index < -0.39 is 0 Å². The van der Waals surface area contributed by atoms with Crippen LogP contribution < -0.4 is 5.32 Å². The maximum atomic E-state index is 8.61. The zero-order valence-electron chi connectivity index (χ0n) is 8.53. The van der Waals surface area contributed by atoms with E-state index in [1.165, 1.54) is 0 Å². The summed E-state index contributed by atoms with van der Waals surface area (Å²) in [6.45, 7) is 4.16. The molecule has 0 spiro atoms. The van der Waals surface area contributed by atoms with Crippen molar-refractivity contribution in [2.75, 3.05) is 0 Å². The Morgan fingerprint density at radius 3 is 3.00 bits per heavy atom. The molecule has 0 aliphatic rings. The van der Waals surface area contributed by atoms with Crippen LogP contribution >= 0.6 is 11.3 Å². The van der Waals surface area contributed by atoms with E-state index in [4.69, 9.17) is 5.26 Å². The second-order valence-corrected chi connectivity index (χ2v) is 3.99. The monoisotopic (exact) mass is 209 g/mol. The van der Waals surface area contributed by atoms with Crippen molar-refractivity contribution in [3.8, 4) is 6.07 Å². The summed E-state index contributed by atoms with van der Waals surface area (Å²) < 4.78 is 0. The third-order valence-electron chi connectivity index (χ3n) is 2.21. The molecule has 0 saturated carbocycles. The average Bonchev–Trinajstić information content (AvgIpc) is 2.69. The van der Waals surface area contributed by atoms with Crippen LogP contribution in [-0.4, -0.2) is 11.0 Å². The van der Waals surface area contributed by atoms with Crippen LogP contribution in [0.1, 0.15) is 38.4 Å². The van der Waals surface area contributed by atoms with Gasteiger partial charge in [-0.25, -0.2) is 4.98 Å². The highest BCUT2D eigenvalue weighted by molar-refractivity contribution is 7.07. The van der Waals surface area contributed by atoms with E-state index in [1.54, 1.807) is 11.3 Å². The molecule has 1 heterocycles. The first-order valence-electron chi connectivity index (χ1n) is 4.79. The number of hydrogen-bond donors (Lipinski definition) is 1. The van der Waals surface area contributed by atoms with Gasteiger partial charge in [-0.3, -0.25) is 0 Å². The van der Waals surface area contributed by atoms with Gasteiger partial charge in [-0.2, -0.15) is 5.26 Å². The van der Waals surface area contributed by atoms with Gasteiger partial charge in [0.15, 0.2) is 0 Å². The van der Waals surface area contributed by atoms with E-state index in [0.29, 0.717) is 6.42 Å². The number of nitrogens with one attached hydrogen (secondary N) is 1. The fourth-order valence-corrected chi connectivity index (χ4v) is 1.95. The molecule has 1 rings (SSSR count). The van der Waals surface area contributed by atoms with E-state index >= 15 is 0 Å². The topological polar surface area (TPSA) is 48.7 Å². The minimum Gasteiger partial charge on any atom is -0.305 e. The Labute approximate surface area is 88.8 Å². The maximum Gasteiger partial charge on any atom is 0.0795 e. The molecule has 14 heavy (non-hydrogen) atoms. The summed E-state index contributed by atoms with van der Waals surface area (Å²) in [6, 6.07) is 2.70. The number of thiazole rings is 1. The quantitative estimate of drug-likeness (QED) is 0.810. The summed E-state index contributed by atoms with van der Waals surface area (Å²) in [4.78, 5) is 4.24. The lowest BCUT2D eigenvalue weighted by Crippen LogP contribution is -2.30. The molecule has 0 bridgehead atoms. The highest BCUT2D eigenvalue weighted by atomic mass is 32.1. The first-order valence-corrected chi connectivity index (χ1v) is 5.73. The van der Waals surface area contributed by atoms with Crippen LogP contribution in [0.4, 0.5) is 0 Å². The van der Waals surface area contributed by atoms with Crippen LogP contribution in [0.5, 0.6) is 0 Å². The lowest BCUT2D eigenvalue weighted by molar-refractivity contribution is 0.443. The Bertz CT molecular complexity index is 289. The van der Waals surface area contributed by atoms with E-state index in [0.717, 1.165) is 12.1 Å². The van der Waals surface area contributed by atoms with Crippen LogP contribution in [0.15, 0.2) is 10.9 Å². The van der Waals surface area contributed by atoms with Crippen molar-refractivity contribution < 1.29 is 0 Å².